The molecule has 0 spiro atoms. The summed E-state index contributed by atoms with van der Waals surface area (Å²) in [6.07, 6.45) is 2.33. The number of rotatable bonds is 4. The highest BCUT2D eigenvalue weighted by Gasteiger charge is 2.30. The number of ether oxygens (including phenoxy) is 1. The van der Waals surface area contributed by atoms with Crippen LogP contribution in [0.4, 0.5) is 10.3 Å². The molecule has 2 aliphatic rings. The van der Waals surface area contributed by atoms with Crippen LogP contribution in [0.1, 0.15) is 24.8 Å². The van der Waals surface area contributed by atoms with Gasteiger partial charge in [0, 0.05) is 31.3 Å². The van der Waals surface area contributed by atoms with Gasteiger partial charge < -0.3 is 15.0 Å². The van der Waals surface area contributed by atoms with Gasteiger partial charge in [0.1, 0.15) is 5.82 Å². The summed E-state index contributed by atoms with van der Waals surface area (Å²) in [5, 5.41) is 3.98. The van der Waals surface area contributed by atoms with Crippen LogP contribution in [0.3, 0.4) is 0 Å². The van der Waals surface area contributed by atoms with Gasteiger partial charge in [0.25, 0.3) is 0 Å². The first-order valence-electron chi connectivity index (χ1n) is 11.2. The lowest BCUT2D eigenvalue weighted by Gasteiger charge is -2.33. The Bertz CT molecular complexity index is 1200. The van der Waals surface area contributed by atoms with Gasteiger partial charge in [-0.15, -0.1) is 0 Å². The van der Waals surface area contributed by atoms with Crippen LogP contribution >= 0.6 is 23.2 Å². The summed E-state index contributed by atoms with van der Waals surface area (Å²) in [6, 6.07) is 8.65. The number of carbonyl (C=O) groups is 1. The zero-order chi connectivity index (χ0) is 23.1. The maximum atomic E-state index is 14.0. The van der Waals surface area contributed by atoms with E-state index in [1.807, 2.05) is 4.57 Å². The number of amides is 1. The molecule has 3 heterocycles. The Morgan fingerprint density at radius 3 is 2.61 bits per heavy atom. The monoisotopic (exact) mass is 490 g/mol. The molecule has 0 bridgehead atoms. The molecule has 2 saturated heterocycles. The Kier molecular flexibility index (Phi) is 6.20. The van der Waals surface area contributed by atoms with Crippen molar-refractivity contribution in [3.05, 3.63) is 51.8 Å². The Morgan fingerprint density at radius 1 is 1.15 bits per heavy atom. The van der Waals surface area contributed by atoms with Crippen LogP contribution in [0, 0.1) is 18.7 Å². The molecule has 1 amide bonds. The van der Waals surface area contributed by atoms with E-state index in [2.05, 4.69) is 10.2 Å². The number of piperidine rings is 1. The average Bonchev–Trinajstić information content (AvgIpc) is 3.44. The fourth-order valence-corrected chi connectivity index (χ4v) is 4.92. The predicted molar refractivity (Wildman–Crippen MR) is 128 cm³/mol. The molecule has 2 fully saturated rings. The maximum Gasteiger partial charge on any atom is 0.223 e. The molecule has 3 aromatic rings. The van der Waals surface area contributed by atoms with Crippen molar-refractivity contribution in [1.29, 1.82) is 0 Å². The van der Waals surface area contributed by atoms with Crippen molar-refractivity contribution < 1.29 is 13.9 Å². The molecule has 0 radical (unpaired) electrons. The summed E-state index contributed by atoms with van der Waals surface area (Å²) < 4.78 is 21.3. The van der Waals surface area contributed by atoms with Crippen LogP contribution in [0.2, 0.25) is 10.0 Å². The lowest BCUT2D eigenvalue weighted by atomic mass is 9.95. The Balaban J connectivity index is 1.44. The predicted octanol–water partition coefficient (Wildman–Crippen LogP) is 4.90. The molecule has 174 valence electrons. The van der Waals surface area contributed by atoms with E-state index in [1.165, 1.54) is 6.07 Å². The van der Waals surface area contributed by atoms with Crippen LogP contribution in [0.5, 0.6) is 0 Å². The minimum Gasteiger partial charge on any atom is -0.379 e. The third kappa shape index (κ3) is 4.42. The summed E-state index contributed by atoms with van der Waals surface area (Å²) in [4.78, 5) is 19.7. The fraction of sp³-hybridized carbons (Fsp3) is 0.417. The van der Waals surface area contributed by atoms with Gasteiger partial charge in [-0.3, -0.25) is 9.36 Å². The number of halogens is 3. The van der Waals surface area contributed by atoms with Gasteiger partial charge in [-0.1, -0.05) is 23.2 Å². The third-order valence-electron chi connectivity index (χ3n) is 6.50. The van der Waals surface area contributed by atoms with Crippen LogP contribution in [-0.4, -0.2) is 47.8 Å². The number of nitrogens with zero attached hydrogens (tertiary/aromatic N) is 3. The first-order chi connectivity index (χ1) is 15.9. The second-order valence-electron chi connectivity index (χ2n) is 8.77. The molecule has 6 nitrogen and oxygen atoms in total. The number of nitrogens with one attached hydrogen (secondary N) is 1. The van der Waals surface area contributed by atoms with E-state index in [9.17, 15) is 9.18 Å². The van der Waals surface area contributed by atoms with Crippen LogP contribution < -0.4 is 10.2 Å². The second kappa shape index (κ2) is 9.12. The molecule has 33 heavy (non-hydrogen) atoms. The van der Waals surface area contributed by atoms with Gasteiger partial charge in [-0.05, 0) is 62.1 Å². The molecule has 0 unspecified atom stereocenters. The molecule has 0 aliphatic carbocycles. The van der Waals surface area contributed by atoms with Gasteiger partial charge in [-0.25, -0.2) is 9.37 Å². The van der Waals surface area contributed by atoms with Crippen molar-refractivity contribution in [3.63, 3.8) is 0 Å². The Morgan fingerprint density at radius 2 is 1.91 bits per heavy atom. The molecule has 2 aromatic carbocycles. The van der Waals surface area contributed by atoms with Crippen molar-refractivity contribution >= 4 is 46.1 Å². The largest absolute Gasteiger partial charge is 0.379 e. The van der Waals surface area contributed by atoms with E-state index in [0.717, 1.165) is 36.4 Å². The summed E-state index contributed by atoms with van der Waals surface area (Å²) in [7, 11) is 0. The topological polar surface area (TPSA) is 59.4 Å². The summed E-state index contributed by atoms with van der Waals surface area (Å²) in [5.41, 5.74) is 2.85. The number of fused-ring (bicyclic) bond motifs is 1. The SMILES string of the molecule is Cc1cc(-n2c(N3CCC(C(=O)N[C@@H]4CCOC4)CC3)nc3cc(Cl)c(Cl)cc32)ccc1F. The normalized spacial score (nSPS) is 19.4. The Hall–Kier alpha value is -2.35. The van der Waals surface area contributed by atoms with Crippen molar-refractivity contribution in [2.75, 3.05) is 31.2 Å². The van der Waals surface area contributed by atoms with E-state index in [-0.39, 0.29) is 23.7 Å². The number of carbonyl (C=O) groups excluding carboxylic acids is 1. The number of hydrogen-bond donors (Lipinski definition) is 1. The van der Waals surface area contributed by atoms with E-state index >= 15 is 0 Å². The molecule has 1 atom stereocenters. The number of imidazole rings is 1. The molecule has 5 rings (SSSR count). The minimum absolute atomic E-state index is 0.0309. The van der Waals surface area contributed by atoms with Gasteiger partial charge in [0.05, 0.1) is 33.7 Å². The van der Waals surface area contributed by atoms with E-state index in [1.54, 1.807) is 31.2 Å². The number of aryl methyl sites for hydroxylation is 1. The smallest absolute Gasteiger partial charge is 0.223 e. The second-order valence-corrected chi connectivity index (χ2v) is 9.58. The fourth-order valence-electron chi connectivity index (χ4n) is 4.60. The van der Waals surface area contributed by atoms with Gasteiger partial charge in [0.2, 0.25) is 11.9 Å². The molecule has 2 aliphatic heterocycles. The molecule has 9 heteroatoms. The summed E-state index contributed by atoms with van der Waals surface area (Å²) in [5.74, 6) is 0.547. The lowest BCUT2D eigenvalue weighted by Crippen LogP contribution is -2.44. The van der Waals surface area contributed by atoms with Crippen molar-refractivity contribution in [1.82, 2.24) is 14.9 Å². The number of anilines is 1. The van der Waals surface area contributed by atoms with Crippen molar-refractivity contribution in [2.45, 2.75) is 32.2 Å². The van der Waals surface area contributed by atoms with Crippen LogP contribution in [-0.2, 0) is 9.53 Å². The number of aromatic nitrogens is 2. The summed E-state index contributed by atoms with van der Waals surface area (Å²) in [6.45, 7) is 4.41. The van der Waals surface area contributed by atoms with E-state index in [4.69, 9.17) is 32.9 Å². The zero-order valence-electron chi connectivity index (χ0n) is 18.3. The van der Waals surface area contributed by atoms with Crippen molar-refractivity contribution in [2.24, 2.45) is 5.92 Å². The van der Waals surface area contributed by atoms with Crippen molar-refractivity contribution in [3.8, 4) is 5.69 Å². The molecular formula is C24H25Cl2FN4O2. The van der Waals surface area contributed by atoms with Crippen LogP contribution in [0.25, 0.3) is 16.7 Å². The van der Waals surface area contributed by atoms with E-state index < -0.39 is 0 Å². The quantitative estimate of drug-likeness (QED) is 0.564. The first-order valence-corrected chi connectivity index (χ1v) is 11.9. The summed E-state index contributed by atoms with van der Waals surface area (Å²) >= 11 is 12.6. The standard InChI is InChI=1S/C24H25Cl2FN4O2/c1-14-10-17(2-3-20(14)27)31-22-12-19(26)18(25)11-21(22)29-24(31)30-7-4-15(5-8-30)23(32)28-16-6-9-33-13-16/h2-3,10-12,15-16H,4-9,13H2,1H3,(H,28,32)/t16-/m1/s1. The lowest BCUT2D eigenvalue weighted by molar-refractivity contribution is -0.126. The number of benzene rings is 2. The number of hydrogen-bond acceptors (Lipinski definition) is 4. The first kappa shape index (κ1) is 22.4. The van der Waals surface area contributed by atoms with Gasteiger partial charge >= 0.3 is 0 Å². The highest BCUT2D eigenvalue weighted by Crippen LogP contribution is 2.34. The average molecular weight is 491 g/mol. The molecular weight excluding hydrogens is 466 g/mol. The highest BCUT2D eigenvalue weighted by molar-refractivity contribution is 6.42. The molecule has 0 saturated carbocycles. The van der Waals surface area contributed by atoms with Crippen LogP contribution in [0.15, 0.2) is 30.3 Å². The molecule has 1 aromatic heterocycles. The highest BCUT2D eigenvalue weighted by atomic mass is 35.5. The van der Waals surface area contributed by atoms with Gasteiger partial charge in [0.15, 0.2) is 0 Å². The minimum atomic E-state index is -0.259. The molecule has 1 N–H and O–H groups in total. The van der Waals surface area contributed by atoms with E-state index in [0.29, 0.717) is 47.4 Å². The van der Waals surface area contributed by atoms with Gasteiger partial charge in [-0.2, -0.15) is 0 Å². The third-order valence-corrected chi connectivity index (χ3v) is 7.23. The maximum absolute atomic E-state index is 14.0. The zero-order valence-corrected chi connectivity index (χ0v) is 19.8. The Labute approximate surface area is 201 Å².